The smallest absolute Gasteiger partial charge is 0.122 e. The minimum absolute atomic E-state index is 0.874. The highest BCUT2D eigenvalue weighted by Crippen LogP contribution is 2.13. The maximum atomic E-state index is 5.61. The molecular weight excluding hydrogens is 226 g/mol. The average Bonchev–Trinajstić information content (AvgIpc) is 2.74. The van der Waals surface area contributed by atoms with Gasteiger partial charge in [-0.3, -0.25) is 4.90 Å². The molecule has 0 aliphatic heterocycles. The molecule has 4 nitrogen and oxygen atoms in total. The molecule has 1 aromatic rings. The summed E-state index contributed by atoms with van der Waals surface area (Å²) in [5.41, 5.74) is 1.27. The number of hydrogen-bond donors (Lipinski definition) is 1. The van der Waals surface area contributed by atoms with E-state index in [-0.39, 0.29) is 0 Å². The van der Waals surface area contributed by atoms with E-state index in [0.717, 1.165) is 38.5 Å². The van der Waals surface area contributed by atoms with Crippen molar-refractivity contribution in [3.05, 3.63) is 23.7 Å². The molecule has 0 aliphatic rings. The van der Waals surface area contributed by atoms with Crippen molar-refractivity contribution in [3.8, 4) is 0 Å². The lowest BCUT2D eigenvalue weighted by Gasteiger charge is -2.23. The van der Waals surface area contributed by atoms with Crippen LogP contribution in [-0.4, -0.2) is 50.6 Å². The van der Waals surface area contributed by atoms with Gasteiger partial charge < -0.3 is 14.6 Å². The normalized spacial score (nSPS) is 11.7. The topological polar surface area (TPSA) is 31.6 Å². The van der Waals surface area contributed by atoms with E-state index < -0.39 is 0 Å². The number of nitrogens with zero attached hydrogens (tertiary/aromatic N) is 2. The Morgan fingerprint density at radius 1 is 1.22 bits per heavy atom. The fourth-order valence-electron chi connectivity index (χ4n) is 1.98. The second kappa shape index (κ2) is 8.29. The Balaban J connectivity index is 2.55. The summed E-state index contributed by atoms with van der Waals surface area (Å²) >= 11 is 0. The van der Waals surface area contributed by atoms with Gasteiger partial charge in [0.05, 0.1) is 12.8 Å². The van der Waals surface area contributed by atoms with E-state index in [1.54, 1.807) is 6.26 Å². The average molecular weight is 253 g/mol. The van der Waals surface area contributed by atoms with Crippen molar-refractivity contribution < 1.29 is 4.42 Å². The lowest BCUT2D eigenvalue weighted by Crippen LogP contribution is -2.32. The summed E-state index contributed by atoms with van der Waals surface area (Å²) in [4.78, 5) is 4.68. The molecule has 0 unspecified atom stereocenters. The van der Waals surface area contributed by atoms with Crippen LogP contribution in [0.1, 0.15) is 24.7 Å². The first kappa shape index (κ1) is 15.2. The van der Waals surface area contributed by atoms with Crippen LogP contribution in [0.25, 0.3) is 0 Å². The third-order valence-electron chi connectivity index (χ3n) is 2.98. The fraction of sp³-hybridized carbons (Fsp3) is 0.714. The zero-order chi connectivity index (χ0) is 13.4. The van der Waals surface area contributed by atoms with Crippen molar-refractivity contribution in [1.29, 1.82) is 0 Å². The van der Waals surface area contributed by atoms with Crippen LogP contribution in [0.4, 0.5) is 0 Å². The molecular formula is C14H27N3O. The van der Waals surface area contributed by atoms with Gasteiger partial charge in [0.2, 0.25) is 0 Å². The van der Waals surface area contributed by atoms with Crippen LogP contribution in [0.3, 0.4) is 0 Å². The second-order valence-corrected chi connectivity index (χ2v) is 4.98. The molecule has 4 heteroatoms. The molecule has 0 atom stereocenters. The van der Waals surface area contributed by atoms with E-state index >= 15 is 0 Å². The molecule has 1 rings (SSSR count). The lowest BCUT2D eigenvalue weighted by atomic mass is 10.2. The van der Waals surface area contributed by atoms with Gasteiger partial charge in [-0.15, -0.1) is 0 Å². The third-order valence-corrected chi connectivity index (χ3v) is 2.98. The Morgan fingerprint density at radius 2 is 2.00 bits per heavy atom. The fourth-order valence-corrected chi connectivity index (χ4v) is 1.98. The first-order valence-corrected chi connectivity index (χ1v) is 6.74. The Labute approximate surface area is 111 Å². The van der Waals surface area contributed by atoms with Crippen LogP contribution >= 0.6 is 0 Å². The first-order chi connectivity index (χ1) is 8.67. The third kappa shape index (κ3) is 5.21. The van der Waals surface area contributed by atoms with E-state index in [4.69, 9.17) is 4.42 Å². The van der Waals surface area contributed by atoms with Gasteiger partial charge >= 0.3 is 0 Å². The van der Waals surface area contributed by atoms with Crippen molar-refractivity contribution in [2.45, 2.75) is 26.4 Å². The summed E-state index contributed by atoms with van der Waals surface area (Å²) in [6.45, 7) is 7.29. The molecule has 0 radical (unpaired) electrons. The summed E-state index contributed by atoms with van der Waals surface area (Å²) in [5, 5.41) is 3.18. The van der Waals surface area contributed by atoms with Crippen molar-refractivity contribution >= 4 is 0 Å². The molecule has 0 spiro atoms. The molecule has 0 aliphatic carbocycles. The van der Waals surface area contributed by atoms with Crippen LogP contribution in [0.5, 0.6) is 0 Å². The zero-order valence-corrected chi connectivity index (χ0v) is 12.2. The molecule has 0 aromatic carbocycles. The Bertz CT molecular complexity index is 323. The highest BCUT2D eigenvalue weighted by Gasteiger charge is 2.11. The molecule has 0 saturated heterocycles. The van der Waals surface area contributed by atoms with Gasteiger partial charge in [0, 0.05) is 25.2 Å². The maximum Gasteiger partial charge on any atom is 0.122 e. The quantitative estimate of drug-likeness (QED) is 0.727. The Kier molecular flexibility index (Phi) is 7.01. The van der Waals surface area contributed by atoms with Crippen molar-refractivity contribution in [1.82, 2.24) is 15.1 Å². The summed E-state index contributed by atoms with van der Waals surface area (Å²) in [6, 6.07) is 2.06. The van der Waals surface area contributed by atoms with E-state index in [2.05, 4.69) is 42.2 Å². The summed E-state index contributed by atoms with van der Waals surface area (Å²) in [7, 11) is 6.19. The standard InChI is InChI=1S/C14H27N3O/c1-5-7-17(9-8-16(3)4)12-14-13(11-15-2)6-10-18-14/h6,10,15H,5,7-9,11-12H2,1-4H3. The number of hydrogen-bond acceptors (Lipinski definition) is 4. The van der Waals surface area contributed by atoms with Gasteiger partial charge in [-0.1, -0.05) is 6.92 Å². The van der Waals surface area contributed by atoms with Gasteiger partial charge in [-0.05, 0) is 40.2 Å². The largest absolute Gasteiger partial charge is 0.468 e. The number of likely N-dealkylation sites (N-methyl/N-ethyl adjacent to an activating group) is 1. The van der Waals surface area contributed by atoms with E-state index in [1.165, 1.54) is 12.0 Å². The van der Waals surface area contributed by atoms with Gasteiger partial charge in [0.15, 0.2) is 0 Å². The predicted octanol–water partition coefficient (Wildman–Crippen LogP) is 1.77. The van der Waals surface area contributed by atoms with Gasteiger partial charge in [0.1, 0.15) is 5.76 Å². The number of rotatable bonds is 9. The number of furan rings is 1. The highest BCUT2D eigenvalue weighted by molar-refractivity contribution is 5.16. The minimum atomic E-state index is 0.874. The molecule has 0 bridgehead atoms. The minimum Gasteiger partial charge on any atom is -0.468 e. The van der Waals surface area contributed by atoms with Crippen molar-refractivity contribution in [2.75, 3.05) is 40.8 Å². The van der Waals surface area contributed by atoms with Crippen molar-refractivity contribution in [3.63, 3.8) is 0 Å². The summed E-state index contributed by atoms with van der Waals surface area (Å²) < 4.78 is 5.61. The molecule has 18 heavy (non-hydrogen) atoms. The SMILES string of the molecule is CCCN(CCN(C)C)Cc1occc1CNC. The van der Waals surface area contributed by atoms with Crippen LogP contribution < -0.4 is 5.32 Å². The van der Waals surface area contributed by atoms with E-state index in [0.29, 0.717) is 0 Å². The van der Waals surface area contributed by atoms with Crippen LogP contribution in [0.2, 0.25) is 0 Å². The monoisotopic (exact) mass is 253 g/mol. The van der Waals surface area contributed by atoms with Crippen LogP contribution in [0.15, 0.2) is 16.7 Å². The van der Waals surface area contributed by atoms with Crippen LogP contribution in [0, 0.1) is 0 Å². The first-order valence-electron chi connectivity index (χ1n) is 6.74. The maximum absolute atomic E-state index is 5.61. The van der Waals surface area contributed by atoms with E-state index in [1.807, 2.05) is 7.05 Å². The zero-order valence-electron chi connectivity index (χ0n) is 12.2. The Morgan fingerprint density at radius 3 is 2.61 bits per heavy atom. The van der Waals surface area contributed by atoms with Gasteiger partial charge in [-0.25, -0.2) is 0 Å². The molecule has 104 valence electrons. The van der Waals surface area contributed by atoms with Crippen LogP contribution in [-0.2, 0) is 13.1 Å². The van der Waals surface area contributed by atoms with Crippen molar-refractivity contribution in [2.24, 2.45) is 0 Å². The Hall–Kier alpha value is -0.840. The van der Waals surface area contributed by atoms with Gasteiger partial charge in [0.25, 0.3) is 0 Å². The molecule has 1 aromatic heterocycles. The molecule has 0 amide bonds. The highest BCUT2D eigenvalue weighted by atomic mass is 16.3. The lowest BCUT2D eigenvalue weighted by molar-refractivity contribution is 0.217. The summed E-state index contributed by atoms with van der Waals surface area (Å²) in [6.07, 6.45) is 2.97. The second-order valence-electron chi connectivity index (χ2n) is 4.98. The molecule has 1 N–H and O–H groups in total. The number of nitrogens with one attached hydrogen (secondary N) is 1. The van der Waals surface area contributed by atoms with Gasteiger partial charge in [-0.2, -0.15) is 0 Å². The predicted molar refractivity (Wildman–Crippen MR) is 75.6 cm³/mol. The molecule has 0 saturated carbocycles. The molecule has 0 fully saturated rings. The molecule has 1 heterocycles. The van der Waals surface area contributed by atoms with E-state index in [9.17, 15) is 0 Å². The summed E-state index contributed by atoms with van der Waals surface area (Å²) in [5.74, 6) is 1.09.